The minimum atomic E-state index is -2.61. The van der Waals surface area contributed by atoms with Crippen molar-refractivity contribution in [3.05, 3.63) is 18.2 Å². The van der Waals surface area contributed by atoms with Crippen LogP contribution in [0.3, 0.4) is 0 Å². The Hall–Kier alpha value is -1.27. The Morgan fingerprint density at radius 3 is 2.63 bits per heavy atom. The summed E-state index contributed by atoms with van der Waals surface area (Å²) in [5, 5.41) is 0. The lowest BCUT2D eigenvalue weighted by Crippen LogP contribution is -2.02. The van der Waals surface area contributed by atoms with Crippen LogP contribution < -0.4 is 14.7 Å². The molecule has 0 aliphatic heterocycles. The molecule has 19 heavy (non-hydrogen) atoms. The topological polar surface area (TPSA) is 84.6 Å². The Bertz CT molecular complexity index is 412. The smallest absolute Gasteiger partial charge is 0.162 e. The Labute approximate surface area is 116 Å². The van der Waals surface area contributed by atoms with Gasteiger partial charge in [-0.15, -0.1) is 0 Å². The number of anilines is 1. The van der Waals surface area contributed by atoms with Gasteiger partial charge in [0.25, 0.3) is 0 Å². The Balaban J connectivity index is 2.35. The van der Waals surface area contributed by atoms with Gasteiger partial charge in [-0.1, -0.05) is 32.6 Å². The fourth-order valence-electron chi connectivity index (χ4n) is 1.66. The first-order chi connectivity index (χ1) is 9.13. The van der Waals surface area contributed by atoms with Gasteiger partial charge in [-0.25, -0.2) is 4.21 Å². The molecule has 6 heteroatoms. The van der Waals surface area contributed by atoms with Gasteiger partial charge in [0.1, 0.15) is 17.1 Å². The van der Waals surface area contributed by atoms with E-state index >= 15 is 0 Å². The van der Waals surface area contributed by atoms with E-state index in [2.05, 4.69) is 11.1 Å². The maximum atomic E-state index is 10.4. The van der Waals surface area contributed by atoms with Crippen LogP contribution in [0.25, 0.3) is 0 Å². The zero-order valence-corrected chi connectivity index (χ0v) is 11.9. The van der Waals surface area contributed by atoms with Crippen LogP contribution >= 0.6 is 0 Å². The van der Waals surface area contributed by atoms with E-state index in [1.165, 1.54) is 25.3 Å². The third kappa shape index (κ3) is 6.45. The number of nitrogen functional groups attached to an aromatic ring is 1. The van der Waals surface area contributed by atoms with Crippen molar-refractivity contribution in [2.75, 3.05) is 12.3 Å². The van der Waals surface area contributed by atoms with Crippen molar-refractivity contribution in [2.24, 2.45) is 0 Å². The van der Waals surface area contributed by atoms with E-state index in [0.29, 0.717) is 12.4 Å². The van der Waals surface area contributed by atoms with Crippen molar-refractivity contribution in [2.45, 2.75) is 39.0 Å². The van der Waals surface area contributed by atoms with Crippen molar-refractivity contribution in [1.29, 1.82) is 0 Å². The van der Waals surface area contributed by atoms with Gasteiger partial charge in [0.2, 0.25) is 0 Å². The Morgan fingerprint density at radius 1 is 1.26 bits per heavy atom. The van der Waals surface area contributed by atoms with E-state index in [-0.39, 0.29) is 11.4 Å². The molecule has 0 saturated heterocycles. The molecule has 0 fully saturated rings. The van der Waals surface area contributed by atoms with Crippen molar-refractivity contribution in [1.82, 2.24) is 0 Å². The SMILES string of the molecule is CCCCCCCOc1ccc(OS(=O)[O-])c(N)c1. The fraction of sp³-hybridized carbons (Fsp3) is 0.538. The minimum absolute atomic E-state index is 0.114. The van der Waals surface area contributed by atoms with Crippen molar-refractivity contribution < 1.29 is 17.7 Å². The molecule has 5 nitrogen and oxygen atoms in total. The third-order valence-electron chi connectivity index (χ3n) is 2.66. The molecule has 0 radical (unpaired) electrons. The zero-order valence-electron chi connectivity index (χ0n) is 11.1. The molecule has 0 aliphatic carbocycles. The molecule has 0 amide bonds. The third-order valence-corrected chi connectivity index (χ3v) is 2.97. The average Bonchev–Trinajstić information content (AvgIpc) is 2.36. The number of ether oxygens (including phenoxy) is 1. The van der Waals surface area contributed by atoms with E-state index in [1.807, 2.05) is 0 Å². The van der Waals surface area contributed by atoms with E-state index in [1.54, 1.807) is 12.1 Å². The van der Waals surface area contributed by atoms with Gasteiger partial charge in [-0.05, 0) is 18.6 Å². The Kier molecular flexibility index (Phi) is 7.28. The number of hydrogen-bond acceptors (Lipinski definition) is 5. The summed E-state index contributed by atoms with van der Waals surface area (Å²) in [4.78, 5) is 0. The summed E-state index contributed by atoms with van der Waals surface area (Å²) in [6, 6.07) is 4.69. The highest BCUT2D eigenvalue weighted by atomic mass is 32.2. The van der Waals surface area contributed by atoms with Gasteiger partial charge < -0.3 is 19.2 Å². The van der Waals surface area contributed by atoms with Gasteiger partial charge >= 0.3 is 0 Å². The molecule has 0 aliphatic rings. The number of hydrogen-bond donors (Lipinski definition) is 1. The number of nitrogens with two attached hydrogens (primary N) is 1. The van der Waals surface area contributed by atoms with E-state index in [0.717, 1.165) is 12.8 Å². The number of benzene rings is 1. The van der Waals surface area contributed by atoms with E-state index < -0.39 is 11.4 Å². The number of unbranched alkanes of at least 4 members (excludes halogenated alkanes) is 4. The van der Waals surface area contributed by atoms with Crippen LogP contribution in [0, 0.1) is 0 Å². The summed E-state index contributed by atoms with van der Waals surface area (Å²) in [6.07, 6.45) is 5.86. The van der Waals surface area contributed by atoms with Crippen LogP contribution in [0.2, 0.25) is 0 Å². The lowest BCUT2D eigenvalue weighted by atomic mass is 10.2. The highest BCUT2D eigenvalue weighted by Gasteiger charge is 2.03. The van der Waals surface area contributed by atoms with Crippen LogP contribution in [-0.2, 0) is 11.4 Å². The first kappa shape index (κ1) is 15.8. The molecule has 1 aromatic rings. The minimum Gasteiger partial charge on any atom is -0.740 e. The van der Waals surface area contributed by atoms with Gasteiger partial charge in [-0.2, -0.15) is 0 Å². The van der Waals surface area contributed by atoms with Gasteiger partial charge in [0, 0.05) is 6.07 Å². The summed E-state index contributed by atoms with van der Waals surface area (Å²) >= 11 is -2.61. The zero-order chi connectivity index (χ0) is 14.1. The molecule has 0 heterocycles. The predicted molar refractivity (Wildman–Crippen MR) is 74.7 cm³/mol. The fourth-order valence-corrected chi connectivity index (χ4v) is 1.96. The molecule has 2 N–H and O–H groups in total. The normalized spacial score (nSPS) is 12.1. The van der Waals surface area contributed by atoms with E-state index in [9.17, 15) is 8.76 Å². The molecule has 0 aromatic heterocycles. The highest BCUT2D eigenvalue weighted by molar-refractivity contribution is 7.74. The Morgan fingerprint density at radius 2 is 2.00 bits per heavy atom. The van der Waals surface area contributed by atoms with Gasteiger partial charge in [0.15, 0.2) is 5.75 Å². The summed E-state index contributed by atoms with van der Waals surface area (Å²) in [5.74, 6) is 0.737. The van der Waals surface area contributed by atoms with Crippen LogP contribution in [0.15, 0.2) is 18.2 Å². The van der Waals surface area contributed by atoms with Crippen LogP contribution in [0.4, 0.5) is 5.69 Å². The molecule has 0 bridgehead atoms. The molecule has 1 unspecified atom stereocenters. The predicted octanol–water partition coefficient (Wildman–Crippen LogP) is 2.79. The lowest BCUT2D eigenvalue weighted by molar-refractivity contribution is 0.304. The largest absolute Gasteiger partial charge is 0.740 e. The average molecular weight is 286 g/mol. The van der Waals surface area contributed by atoms with Gasteiger partial charge in [0.05, 0.1) is 12.3 Å². The maximum absolute atomic E-state index is 10.4. The quantitative estimate of drug-likeness (QED) is 0.428. The molecular formula is C13H20NO4S-. The molecule has 0 saturated carbocycles. The summed E-state index contributed by atoms with van der Waals surface area (Å²) in [7, 11) is 0. The molecule has 0 spiro atoms. The van der Waals surface area contributed by atoms with E-state index in [4.69, 9.17) is 10.5 Å². The van der Waals surface area contributed by atoms with Crippen molar-refractivity contribution in [3.8, 4) is 11.5 Å². The summed E-state index contributed by atoms with van der Waals surface area (Å²) < 4.78 is 30.8. The molecule has 1 aromatic carbocycles. The van der Waals surface area contributed by atoms with Crippen LogP contribution in [0.1, 0.15) is 39.0 Å². The van der Waals surface area contributed by atoms with Crippen molar-refractivity contribution >= 4 is 17.0 Å². The molecule has 1 rings (SSSR count). The second-order valence-electron chi connectivity index (χ2n) is 4.25. The first-order valence-corrected chi connectivity index (χ1v) is 7.43. The molecule has 108 valence electrons. The van der Waals surface area contributed by atoms with Gasteiger partial charge in [-0.3, -0.25) is 0 Å². The monoisotopic (exact) mass is 286 g/mol. The maximum Gasteiger partial charge on any atom is 0.162 e. The van der Waals surface area contributed by atoms with Crippen LogP contribution in [-0.4, -0.2) is 15.4 Å². The first-order valence-electron chi connectivity index (χ1n) is 6.43. The second-order valence-corrected chi connectivity index (χ2v) is 4.82. The molecule has 1 atom stereocenters. The standard InChI is InChI=1S/C13H21NO4S/c1-2-3-4-5-6-9-17-11-7-8-13(12(14)10-11)18-19(15)16/h7-8,10H,2-6,9,14H2,1H3,(H,15,16)/p-1. The van der Waals surface area contributed by atoms with Crippen LogP contribution in [0.5, 0.6) is 11.5 Å². The highest BCUT2D eigenvalue weighted by Crippen LogP contribution is 2.27. The summed E-state index contributed by atoms with van der Waals surface area (Å²) in [6.45, 7) is 2.81. The second kappa shape index (κ2) is 8.77. The summed E-state index contributed by atoms with van der Waals surface area (Å²) in [5.41, 5.74) is 5.90. The van der Waals surface area contributed by atoms with Crippen molar-refractivity contribution in [3.63, 3.8) is 0 Å². The number of rotatable bonds is 9. The molecular weight excluding hydrogens is 266 g/mol. The lowest BCUT2D eigenvalue weighted by Gasteiger charge is -2.11.